The third-order valence-electron chi connectivity index (χ3n) is 12.1. The first-order chi connectivity index (χ1) is 30.0. The van der Waals surface area contributed by atoms with Crippen LogP contribution < -0.4 is 28.7 Å². The molecule has 1 unspecified atom stereocenters. The van der Waals surface area contributed by atoms with Gasteiger partial charge in [-0.2, -0.15) is 0 Å². The van der Waals surface area contributed by atoms with Crippen molar-refractivity contribution >= 4 is 40.9 Å². The zero-order valence-electron chi connectivity index (χ0n) is 34.7. The number of hydrogen-bond acceptors (Lipinski definition) is 12. The van der Waals surface area contributed by atoms with Crippen molar-refractivity contribution in [1.82, 2.24) is 9.80 Å². The molecule has 4 amide bonds. The minimum atomic E-state index is -1.36. The van der Waals surface area contributed by atoms with Gasteiger partial charge in [0, 0.05) is 31.3 Å². The summed E-state index contributed by atoms with van der Waals surface area (Å²) in [6.45, 7) is 7.91. The van der Waals surface area contributed by atoms with Crippen LogP contribution in [0.1, 0.15) is 63.9 Å². The summed E-state index contributed by atoms with van der Waals surface area (Å²) >= 11 is 0. The maximum Gasteiger partial charge on any atom is 0.416 e. The van der Waals surface area contributed by atoms with Crippen LogP contribution in [0.15, 0.2) is 80.0 Å². The Hall–Kier alpha value is -6.52. The minimum absolute atomic E-state index is 0.0316. The van der Waals surface area contributed by atoms with Crippen molar-refractivity contribution < 1.29 is 57.8 Å². The smallest absolute Gasteiger partial charge is 0.416 e. The van der Waals surface area contributed by atoms with Crippen LogP contribution in [0, 0.1) is 5.41 Å². The van der Waals surface area contributed by atoms with Gasteiger partial charge in [0.25, 0.3) is 11.8 Å². The van der Waals surface area contributed by atoms with E-state index in [9.17, 15) is 29.4 Å². The van der Waals surface area contributed by atoms with E-state index in [1.807, 2.05) is 24.3 Å². The van der Waals surface area contributed by atoms with Crippen molar-refractivity contribution in [1.29, 1.82) is 0 Å². The number of aliphatic hydroxyl groups excluding tert-OH is 2. The summed E-state index contributed by atoms with van der Waals surface area (Å²) in [6, 6.07) is 12.6. The third-order valence-corrected chi connectivity index (χ3v) is 12.1. The molecule has 4 heterocycles. The highest BCUT2D eigenvalue weighted by atomic mass is 16.6. The highest BCUT2D eigenvalue weighted by Crippen LogP contribution is 2.57. The van der Waals surface area contributed by atoms with E-state index in [-0.39, 0.29) is 96.6 Å². The first-order valence-corrected chi connectivity index (χ1v) is 20.6. The molecule has 326 valence electrons. The van der Waals surface area contributed by atoms with Gasteiger partial charge < -0.3 is 48.4 Å². The van der Waals surface area contributed by atoms with Gasteiger partial charge in [-0.3, -0.25) is 14.5 Å². The molecule has 3 aromatic rings. The monoisotopic (exact) mass is 850 g/mol. The highest BCUT2D eigenvalue weighted by molar-refractivity contribution is 6.07. The van der Waals surface area contributed by atoms with E-state index < -0.39 is 30.5 Å². The van der Waals surface area contributed by atoms with Crippen molar-refractivity contribution in [3.8, 4) is 23.0 Å². The maximum absolute atomic E-state index is 14.2. The SMILES string of the molecule is C=CCOC(=O)N1C[C@@H]2CC(c3ccc(CO)cc3)=CN2C(=O)c2cc(OC)c(OCCCOc3cc4c(cc3OC)C(=O)N3CC5(CC5)C[C@H]3C(O)N4C(=O)OCC=C)cc21. The van der Waals surface area contributed by atoms with Gasteiger partial charge in [0.1, 0.15) is 13.2 Å². The van der Waals surface area contributed by atoms with E-state index in [2.05, 4.69) is 13.2 Å². The highest BCUT2D eigenvalue weighted by Gasteiger charge is 2.58. The van der Waals surface area contributed by atoms with Gasteiger partial charge >= 0.3 is 12.2 Å². The first-order valence-electron chi connectivity index (χ1n) is 20.6. The number of nitrogens with zero attached hydrogens (tertiary/aromatic N) is 4. The molecule has 3 aromatic carbocycles. The zero-order chi connectivity index (χ0) is 43.7. The van der Waals surface area contributed by atoms with E-state index in [0.717, 1.165) is 34.4 Å². The molecular weight excluding hydrogens is 801 g/mol. The number of carbonyl (C=O) groups excluding carboxylic acids is 4. The second kappa shape index (κ2) is 17.5. The van der Waals surface area contributed by atoms with Crippen LogP contribution >= 0.6 is 0 Å². The number of hydrogen-bond donors (Lipinski definition) is 2. The van der Waals surface area contributed by atoms with Gasteiger partial charge in [-0.1, -0.05) is 49.6 Å². The fourth-order valence-electron chi connectivity index (χ4n) is 8.73. The Morgan fingerprint density at radius 3 is 2.05 bits per heavy atom. The average Bonchev–Trinajstić information content (AvgIpc) is 3.79. The summed E-state index contributed by atoms with van der Waals surface area (Å²) in [4.78, 5) is 61.2. The molecule has 62 heavy (non-hydrogen) atoms. The number of amides is 4. The van der Waals surface area contributed by atoms with Gasteiger partial charge in [-0.25, -0.2) is 14.5 Å². The number of aliphatic hydroxyl groups is 2. The minimum Gasteiger partial charge on any atom is -0.493 e. The van der Waals surface area contributed by atoms with Crippen LogP contribution in [0.3, 0.4) is 0 Å². The molecule has 0 radical (unpaired) electrons. The summed E-state index contributed by atoms with van der Waals surface area (Å²) in [6.07, 6.45) is 5.14. The third kappa shape index (κ3) is 7.91. The van der Waals surface area contributed by atoms with Crippen LogP contribution in [0.5, 0.6) is 23.0 Å². The normalized spacial score (nSPS) is 20.5. The molecule has 8 rings (SSSR count). The Labute approximate surface area is 359 Å². The van der Waals surface area contributed by atoms with Gasteiger partial charge in [0.2, 0.25) is 0 Å². The predicted octanol–water partition coefficient (Wildman–Crippen LogP) is 5.90. The Bertz CT molecular complexity index is 2310. The lowest BCUT2D eigenvalue weighted by Gasteiger charge is -2.31. The quantitative estimate of drug-likeness (QED) is 0.145. The largest absolute Gasteiger partial charge is 0.493 e. The second-order valence-corrected chi connectivity index (χ2v) is 16.0. The van der Waals surface area contributed by atoms with E-state index >= 15 is 0 Å². The molecule has 1 saturated heterocycles. The van der Waals surface area contributed by atoms with Crippen LogP contribution in [-0.2, 0) is 16.1 Å². The topological polar surface area (TPSA) is 177 Å². The van der Waals surface area contributed by atoms with Crippen LogP contribution in [0.4, 0.5) is 21.0 Å². The molecule has 3 atom stereocenters. The molecule has 5 aliphatic rings. The number of fused-ring (bicyclic) bond motifs is 4. The molecule has 1 aliphatic carbocycles. The zero-order valence-corrected chi connectivity index (χ0v) is 34.7. The molecule has 16 nitrogen and oxygen atoms in total. The molecule has 2 fully saturated rings. The van der Waals surface area contributed by atoms with E-state index in [1.54, 1.807) is 28.1 Å². The fraction of sp³-hybridized carbons (Fsp3) is 0.391. The summed E-state index contributed by atoms with van der Waals surface area (Å²) < 4.78 is 34.6. The molecule has 1 saturated carbocycles. The van der Waals surface area contributed by atoms with E-state index in [1.165, 1.54) is 43.4 Å². The Morgan fingerprint density at radius 2 is 1.45 bits per heavy atom. The maximum atomic E-state index is 14.2. The second-order valence-electron chi connectivity index (χ2n) is 16.0. The van der Waals surface area contributed by atoms with E-state index in [4.69, 9.17) is 28.4 Å². The van der Waals surface area contributed by atoms with Crippen LogP contribution in [-0.4, -0.2) is 116 Å². The molecule has 4 aliphatic heterocycles. The first kappa shape index (κ1) is 42.2. The van der Waals surface area contributed by atoms with E-state index in [0.29, 0.717) is 31.5 Å². The number of carbonyl (C=O) groups is 4. The summed E-state index contributed by atoms with van der Waals surface area (Å²) in [5.74, 6) is 0.386. The van der Waals surface area contributed by atoms with Gasteiger partial charge in [-0.05, 0) is 59.9 Å². The molecule has 2 N–H and O–H groups in total. The van der Waals surface area contributed by atoms with Crippen LogP contribution in [0.2, 0.25) is 0 Å². The molecule has 0 bridgehead atoms. The number of benzene rings is 3. The van der Waals surface area contributed by atoms with Crippen molar-refractivity contribution in [2.75, 3.05) is 63.5 Å². The van der Waals surface area contributed by atoms with Crippen molar-refractivity contribution in [2.45, 2.75) is 57.0 Å². The summed E-state index contributed by atoms with van der Waals surface area (Å²) in [5.41, 5.74) is 3.36. The molecular formula is C46H50N4O12. The Balaban J connectivity index is 1.01. The summed E-state index contributed by atoms with van der Waals surface area (Å²) in [5, 5.41) is 21.2. The fourth-order valence-corrected chi connectivity index (χ4v) is 8.73. The molecule has 1 spiro atoms. The number of anilines is 2. The van der Waals surface area contributed by atoms with Gasteiger partial charge in [0.05, 0.1) is 75.2 Å². The Kier molecular flexibility index (Phi) is 11.9. The van der Waals surface area contributed by atoms with Crippen molar-refractivity contribution in [2.24, 2.45) is 5.41 Å². The number of rotatable bonds is 14. The lowest BCUT2D eigenvalue weighted by Crippen LogP contribution is -2.50. The van der Waals surface area contributed by atoms with Crippen molar-refractivity contribution in [3.63, 3.8) is 0 Å². The summed E-state index contributed by atoms with van der Waals surface area (Å²) in [7, 11) is 2.91. The molecule has 0 aromatic heterocycles. The van der Waals surface area contributed by atoms with Crippen molar-refractivity contribution in [3.05, 3.63) is 102 Å². The van der Waals surface area contributed by atoms with Gasteiger partial charge in [0.15, 0.2) is 29.2 Å². The lowest BCUT2D eigenvalue weighted by molar-refractivity contribution is 0.0496. The molecule has 16 heteroatoms. The average molecular weight is 851 g/mol. The standard InChI is InChI=1S/C46H50N4O12/c1-5-14-61-44(55)48-25-31-18-30(29-10-8-28(26-51)9-11-29)24-47(31)41(52)32-19-37(57-3)39(21-34(32)48)59-16-7-17-60-40-22-35-33(20-38(40)58-4)42(53)49-27-46(12-13-46)23-36(49)43(54)50(35)45(56)62-15-6-2/h5-6,8-11,19-22,24,31,36,43,51,54H,1-2,7,12-18,23,25-27H2,3-4H3/t31-,36-,43?/m0/s1. The number of methoxy groups -OCH3 is 2. The number of ether oxygens (including phenoxy) is 6. The Morgan fingerprint density at radius 1 is 0.839 bits per heavy atom. The lowest BCUT2D eigenvalue weighted by atomic mass is 10.0. The van der Waals surface area contributed by atoms with Gasteiger partial charge in [-0.15, -0.1) is 0 Å². The predicted molar refractivity (Wildman–Crippen MR) is 227 cm³/mol. The van der Waals surface area contributed by atoms with Crippen LogP contribution in [0.25, 0.3) is 5.57 Å².